The molecule has 0 aliphatic carbocycles. The second-order valence-electron chi connectivity index (χ2n) is 4.92. The number of aromatic nitrogens is 5. The fourth-order valence-corrected chi connectivity index (χ4v) is 3.17. The normalized spacial score (nSPS) is 11.6. The van der Waals surface area contributed by atoms with Gasteiger partial charge in [0.15, 0.2) is 5.16 Å². The predicted octanol–water partition coefficient (Wildman–Crippen LogP) is 2.98. The topological polar surface area (TPSA) is 76.5 Å². The molecule has 0 aliphatic heterocycles. The van der Waals surface area contributed by atoms with E-state index < -0.39 is 0 Å². The lowest BCUT2D eigenvalue weighted by Gasteiger charge is -2.09. The first-order chi connectivity index (χ1) is 9.38. The number of H-pyrrole nitrogens is 1. The maximum atomic E-state index is 11.7. The van der Waals surface area contributed by atoms with E-state index in [4.69, 9.17) is 0 Å². The van der Waals surface area contributed by atoms with Crippen LogP contribution in [0.4, 0.5) is 0 Å². The number of halogens is 1. The number of hydrogen-bond acceptors (Lipinski definition) is 5. The minimum absolute atomic E-state index is 0.0404. The molecule has 0 bridgehead atoms. The smallest absolute Gasteiger partial charge is 0.267 e. The second kappa shape index (κ2) is 6.09. The molecule has 0 unspecified atom stereocenters. The molecular formula is C12H16BrN5OS. The van der Waals surface area contributed by atoms with Crippen molar-refractivity contribution >= 4 is 27.7 Å². The average Bonchev–Trinajstić information content (AvgIpc) is 2.69. The van der Waals surface area contributed by atoms with Gasteiger partial charge in [-0.2, -0.15) is 0 Å². The second-order valence-corrected chi connectivity index (χ2v) is 6.72. The molecule has 2 rings (SSSR count). The summed E-state index contributed by atoms with van der Waals surface area (Å²) in [5.74, 6) is 0.995. The summed E-state index contributed by atoms with van der Waals surface area (Å²) >= 11 is 4.73. The van der Waals surface area contributed by atoms with Gasteiger partial charge in [0, 0.05) is 18.0 Å². The van der Waals surface area contributed by atoms with Crippen LogP contribution >= 0.6 is 27.7 Å². The summed E-state index contributed by atoms with van der Waals surface area (Å²) < 4.78 is 2.34. The lowest BCUT2D eigenvalue weighted by atomic mass is 10.2. The minimum Gasteiger partial charge on any atom is -0.267 e. The van der Waals surface area contributed by atoms with E-state index in [2.05, 4.69) is 36.1 Å². The van der Waals surface area contributed by atoms with Crippen LogP contribution in [-0.2, 0) is 0 Å². The minimum atomic E-state index is -0.209. The van der Waals surface area contributed by atoms with Gasteiger partial charge in [0.1, 0.15) is 15.5 Å². The number of nitrogens with one attached hydrogen (secondary N) is 1. The van der Waals surface area contributed by atoms with Crippen molar-refractivity contribution in [2.75, 3.05) is 0 Å². The Morgan fingerprint density at radius 2 is 2.00 bits per heavy atom. The van der Waals surface area contributed by atoms with Gasteiger partial charge in [0.25, 0.3) is 0 Å². The molecule has 0 saturated carbocycles. The van der Waals surface area contributed by atoms with Gasteiger partial charge >= 0.3 is 5.69 Å². The fraction of sp³-hybridized carbons (Fsp3) is 0.500. The van der Waals surface area contributed by atoms with Crippen LogP contribution in [0.2, 0.25) is 0 Å². The maximum Gasteiger partial charge on any atom is 0.344 e. The van der Waals surface area contributed by atoms with Crippen LogP contribution in [0.25, 0.3) is 0 Å². The molecule has 2 heterocycles. The third kappa shape index (κ3) is 3.29. The van der Waals surface area contributed by atoms with E-state index in [0.717, 1.165) is 15.5 Å². The molecule has 6 nitrogen and oxygen atoms in total. The molecule has 1 N–H and O–H groups in total. The van der Waals surface area contributed by atoms with Crippen LogP contribution in [-0.4, -0.2) is 24.7 Å². The molecule has 0 aliphatic rings. The van der Waals surface area contributed by atoms with Crippen LogP contribution < -0.4 is 5.69 Å². The molecule has 20 heavy (non-hydrogen) atoms. The summed E-state index contributed by atoms with van der Waals surface area (Å²) in [6.45, 7) is 7.95. The highest BCUT2D eigenvalue weighted by atomic mass is 79.9. The van der Waals surface area contributed by atoms with Crippen molar-refractivity contribution in [2.24, 2.45) is 0 Å². The molecule has 0 amide bonds. The Morgan fingerprint density at radius 1 is 1.30 bits per heavy atom. The molecule has 8 heteroatoms. The molecule has 0 radical (unpaired) electrons. The van der Waals surface area contributed by atoms with Crippen LogP contribution in [0.15, 0.2) is 25.6 Å². The SMILES string of the molecule is CC(C)c1nc(Br)cc(Sc2n[nH]c(=O)n2C(C)C)n1. The van der Waals surface area contributed by atoms with Gasteiger partial charge in [-0.15, -0.1) is 5.10 Å². The van der Waals surface area contributed by atoms with Crippen molar-refractivity contribution in [3.8, 4) is 0 Å². The summed E-state index contributed by atoms with van der Waals surface area (Å²) in [5, 5.41) is 7.88. The molecule has 0 spiro atoms. The average molecular weight is 358 g/mol. The quantitative estimate of drug-likeness (QED) is 0.851. The molecule has 108 valence electrons. The van der Waals surface area contributed by atoms with Crippen LogP contribution in [0.3, 0.4) is 0 Å². The third-order valence-corrected chi connectivity index (χ3v) is 3.88. The van der Waals surface area contributed by atoms with E-state index >= 15 is 0 Å². The summed E-state index contributed by atoms with van der Waals surface area (Å²) in [6, 6.07) is 1.86. The van der Waals surface area contributed by atoms with Crippen LogP contribution in [0, 0.1) is 0 Å². The van der Waals surface area contributed by atoms with Gasteiger partial charge in [-0.05, 0) is 41.5 Å². The van der Waals surface area contributed by atoms with E-state index in [1.54, 1.807) is 4.57 Å². The third-order valence-electron chi connectivity index (χ3n) is 2.59. The first kappa shape index (κ1) is 15.2. The molecule has 0 saturated heterocycles. The van der Waals surface area contributed by atoms with Crippen molar-refractivity contribution in [2.45, 2.75) is 49.8 Å². The maximum absolute atomic E-state index is 11.7. The highest BCUT2D eigenvalue weighted by Gasteiger charge is 2.15. The van der Waals surface area contributed by atoms with Gasteiger partial charge < -0.3 is 0 Å². The van der Waals surface area contributed by atoms with Crippen molar-refractivity contribution in [3.05, 3.63) is 27.0 Å². The van der Waals surface area contributed by atoms with Crippen LogP contribution in [0.1, 0.15) is 45.5 Å². The molecule has 0 fully saturated rings. The van der Waals surface area contributed by atoms with E-state index in [0.29, 0.717) is 5.16 Å². The van der Waals surface area contributed by atoms with E-state index in [1.165, 1.54) is 11.8 Å². The summed E-state index contributed by atoms with van der Waals surface area (Å²) in [5.41, 5.74) is -0.209. The molecule has 2 aromatic rings. The Bertz CT molecular complexity index is 664. The largest absolute Gasteiger partial charge is 0.344 e. The lowest BCUT2D eigenvalue weighted by Crippen LogP contribution is -2.19. The predicted molar refractivity (Wildman–Crippen MR) is 81.2 cm³/mol. The van der Waals surface area contributed by atoms with Crippen molar-refractivity contribution in [1.82, 2.24) is 24.7 Å². The number of rotatable bonds is 4. The monoisotopic (exact) mass is 357 g/mol. The summed E-state index contributed by atoms with van der Waals surface area (Å²) in [4.78, 5) is 20.5. The van der Waals surface area contributed by atoms with E-state index in [1.807, 2.05) is 33.8 Å². The molecule has 0 aromatic carbocycles. The Balaban J connectivity index is 2.38. The van der Waals surface area contributed by atoms with Gasteiger partial charge in [-0.1, -0.05) is 13.8 Å². The van der Waals surface area contributed by atoms with Crippen molar-refractivity contribution < 1.29 is 0 Å². The van der Waals surface area contributed by atoms with E-state index in [-0.39, 0.29) is 17.6 Å². The summed E-state index contributed by atoms with van der Waals surface area (Å²) in [7, 11) is 0. The zero-order valence-corrected chi connectivity index (χ0v) is 14.1. The highest BCUT2D eigenvalue weighted by molar-refractivity contribution is 9.10. The number of hydrogen-bond donors (Lipinski definition) is 1. The zero-order chi connectivity index (χ0) is 14.9. The van der Waals surface area contributed by atoms with E-state index in [9.17, 15) is 4.79 Å². The highest BCUT2D eigenvalue weighted by Crippen LogP contribution is 2.27. The van der Waals surface area contributed by atoms with Gasteiger partial charge in [-0.25, -0.2) is 19.9 Å². The number of nitrogens with zero attached hydrogens (tertiary/aromatic N) is 4. The lowest BCUT2D eigenvalue weighted by molar-refractivity contribution is 0.533. The molecule has 0 atom stereocenters. The number of aromatic amines is 1. The van der Waals surface area contributed by atoms with Gasteiger partial charge in [-0.3, -0.25) is 4.57 Å². The summed E-state index contributed by atoms with van der Waals surface area (Å²) in [6.07, 6.45) is 0. The first-order valence-electron chi connectivity index (χ1n) is 6.27. The fourth-order valence-electron chi connectivity index (χ4n) is 1.64. The Hall–Kier alpha value is -1.15. The Morgan fingerprint density at radius 3 is 2.60 bits per heavy atom. The standard InChI is InChI=1S/C12H16BrN5OS/c1-6(2)10-14-8(13)5-9(15-10)20-12-17-16-11(19)18(12)7(3)4/h5-7H,1-4H3,(H,16,19). The van der Waals surface area contributed by atoms with Crippen molar-refractivity contribution in [3.63, 3.8) is 0 Å². The van der Waals surface area contributed by atoms with Crippen LogP contribution in [0.5, 0.6) is 0 Å². The molecule has 2 aromatic heterocycles. The van der Waals surface area contributed by atoms with Gasteiger partial charge in [0.2, 0.25) is 0 Å². The first-order valence-corrected chi connectivity index (χ1v) is 7.88. The zero-order valence-electron chi connectivity index (χ0n) is 11.7. The Labute approximate surface area is 129 Å². The molecular weight excluding hydrogens is 342 g/mol. The van der Waals surface area contributed by atoms with Crippen molar-refractivity contribution in [1.29, 1.82) is 0 Å². The Kier molecular flexibility index (Phi) is 4.64. The van der Waals surface area contributed by atoms with Gasteiger partial charge in [0.05, 0.1) is 0 Å².